The topological polar surface area (TPSA) is 63.1 Å². The Balaban J connectivity index is 1.22. The summed E-state index contributed by atoms with van der Waals surface area (Å²) in [6, 6.07) is 0. The van der Waals surface area contributed by atoms with Gasteiger partial charge in [-0.05, 0) is 37.5 Å². The highest BCUT2D eigenvalue weighted by molar-refractivity contribution is 5.83. The fourth-order valence-corrected chi connectivity index (χ4v) is 5.32. The molecule has 0 aromatic carbocycles. The number of nitrogens with one attached hydrogen (secondary N) is 1. The van der Waals surface area contributed by atoms with Gasteiger partial charge in [0.25, 0.3) is 0 Å². The Kier molecular flexibility index (Phi) is 3.44. The van der Waals surface area contributed by atoms with Gasteiger partial charge in [0.2, 0.25) is 5.91 Å². The van der Waals surface area contributed by atoms with E-state index >= 15 is 0 Å². The van der Waals surface area contributed by atoms with Gasteiger partial charge in [0.15, 0.2) is 0 Å². The molecule has 6 nitrogen and oxygen atoms in total. The summed E-state index contributed by atoms with van der Waals surface area (Å²) in [4.78, 5) is 15.0. The van der Waals surface area contributed by atoms with Gasteiger partial charge in [0, 0.05) is 38.0 Å². The van der Waals surface area contributed by atoms with Crippen molar-refractivity contribution < 1.29 is 4.79 Å². The van der Waals surface area contributed by atoms with Crippen molar-refractivity contribution in [2.24, 2.45) is 11.3 Å². The number of carbonyl (C=O) groups is 1. The van der Waals surface area contributed by atoms with Gasteiger partial charge in [-0.1, -0.05) is 12.8 Å². The van der Waals surface area contributed by atoms with Crippen LogP contribution in [0, 0.1) is 11.3 Å². The standard InChI is InChI=1S/C18H27N5O/c24-17(14-11-18(14)5-1-2-6-18)22-8-3-13(4-9-22)16-21-20-15-12-19-7-10-23(15)16/h13-14,19H,1-12H2. The maximum Gasteiger partial charge on any atom is 0.226 e. The fraction of sp³-hybridized carbons (Fsp3) is 0.833. The highest BCUT2D eigenvalue weighted by atomic mass is 16.2. The number of hydrogen-bond donors (Lipinski definition) is 1. The molecule has 1 atom stereocenters. The summed E-state index contributed by atoms with van der Waals surface area (Å²) in [5.74, 6) is 3.48. The normalized spacial score (nSPS) is 29.0. The van der Waals surface area contributed by atoms with Gasteiger partial charge in [0.1, 0.15) is 11.6 Å². The van der Waals surface area contributed by atoms with Crippen molar-refractivity contribution >= 4 is 5.91 Å². The van der Waals surface area contributed by atoms with E-state index in [4.69, 9.17) is 0 Å². The van der Waals surface area contributed by atoms with Crippen LogP contribution in [0.25, 0.3) is 0 Å². The van der Waals surface area contributed by atoms with Gasteiger partial charge in [-0.3, -0.25) is 4.79 Å². The minimum atomic E-state index is 0.350. The Morgan fingerprint density at radius 1 is 1.12 bits per heavy atom. The molecule has 1 spiro atoms. The van der Waals surface area contributed by atoms with Crippen LogP contribution >= 0.6 is 0 Å². The number of rotatable bonds is 2. The maximum absolute atomic E-state index is 12.8. The number of likely N-dealkylation sites (tertiary alicyclic amines) is 1. The highest BCUT2D eigenvalue weighted by Gasteiger charge is 2.59. The molecule has 0 bridgehead atoms. The van der Waals surface area contributed by atoms with Crippen molar-refractivity contribution in [2.75, 3.05) is 19.6 Å². The molecule has 130 valence electrons. The molecule has 1 unspecified atom stereocenters. The second-order valence-corrected chi connectivity index (χ2v) is 8.23. The first-order valence-corrected chi connectivity index (χ1v) is 9.68. The van der Waals surface area contributed by atoms with Crippen LogP contribution in [0.4, 0.5) is 0 Å². The van der Waals surface area contributed by atoms with E-state index in [2.05, 4.69) is 25.0 Å². The van der Waals surface area contributed by atoms with E-state index in [0.717, 1.165) is 63.6 Å². The first-order chi connectivity index (χ1) is 11.8. The third-order valence-electron chi connectivity index (χ3n) is 6.91. The van der Waals surface area contributed by atoms with Gasteiger partial charge >= 0.3 is 0 Å². The van der Waals surface area contributed by atoms with Crippen molar-refractivity contribution in [2.45, 2.75) is 64.0 Å². The Morgan fingerprint density at radius 2 is 1.92 bits per heavy atom. The lowest BCUT2D eigenvalue weighted by atomic mass is 9.94. The fourth-order valence-electron chi connectivity index (χ4n) is 5.32. The molecule has 2 aliphatic heterocycles. The summed E-state index contributed by atoms with van der Waals surface area (Å²) in [6.07, 6.45) is 8.49. The summed E-state index contributed by atoms with van der Waals surface area (Å²) < 4.78 is 2.30. The Morgan fingerprint density at radius 3 is 2.71 bits per heavy atom. The molecule has 3 heterocycles. The maximum atomic E-state index is 12.8. The van der Waals surface area contributed by atoms with Crippen molar-refractivity contribution in [3.05, 3.63) is 11.6 Å². The van der Waals surface area contributed by atoms with Gasteiger partial charge in [-0.25, -0.2) is 0 Å². The summed E-state index contributed by atoms with van der Waals surface area (Å²) in [5, 5.41) is 12.2. The number of aromatic nitrogens is 3. The molecule has 24 heavy (non-hydrogen) atoms. The molecule has 1 saturated heterocycles. The summed E-state index contributed by atoms with van der Waals surface area (Å²) in [5.41, 5.74) is 0.424. The lowest BCUT2D eigenvalue weighted by Crippen LogP contribution is -2.40. The average Bonchev–Trinajstić information content (AvgIpc) is 2.97. The van der Waals surface area contributed by atoms with Crippen LogP contribution in [0.2, 0.25) is 0 Å². The zero-order valence-electron chi connectivity index (χ0n) is 14.3. The van der Waals surface area contributed by atoms with E-state index < -0.39 is 0 Å². The van der Waals surface area contributed by atoms with Crippen LogP contribution in [0.1, 0.15) is 62.5 Å². The molecule has 3 fully saturated rings. The zero-order valence-corrected chi connectivity index (χ0v) is 14.3. The van der Waals surface area contributed by atoms with Crippen molar-refractivity contribution in [3.63, 3.8) is 0 Å². The largest absolute Gasteiger partial charge is 0.342 e. The Labute approximate surface area is 143 Å². The molecular formula is C18H27N5O. The van der Waals surface area contributed by atoms with E-state index in [0.29, 0.717) is 23.2 Å². The van der Waals surface area contributed by atoms with E-state index in [9.17, 15) is 4.79 Å². The first-order valence-electron chi connectivity index (χ1n) is 9.68. The third-order valence-corrected chi connectivity index (χ3v) is 6.91. The van der Waals surface area contributed by atoms with E-state index in [1.54, 1.807) is 0 Å². The molecule has 2 saturated carbocycles. The third kappa shape index (κ3) is 2.30. The van der Waals surface area contributed by atoms with E-state index in [1.165, 1.54) is 25.7 Å². The quantitative estimate of drug-likeness (QED) is 0.896. The summed E-state index contributed by atoms with van der Waals surface area (Å²) in [6.45, 7) is 4.60. The molecule has 1 N–H and O–H groups in total. The number of fused-ring (bicyclic) bond motifs is 1. The van der Waals surface area contributed by atoms with E-state index in [1.807, 2.05) is 0 Å². The number of piperidine rings is 1. The average molecular weight is 329 g/mol. The van der Waals surface area contributed by atoms with Crippen molar-refractivity contribution in [1.82, 2.24) is 25.0 Å². The van der Waals surface area contributed by atoms with Crippen LogP contribution in [-0.4, -0.2) is 45.2 Å². The predicted octanol–water partition coefficient (Wildman–Crippen LogP) is 1.67. The summed E-state index contributed by atoms with van der Waals surface area (Å²) in [7, 11) is 0. The van der Waals surface area contributed by atoms with Crippen molar-refractivity contribution in [1.29, 1.82) is 0 Å². The highest BCUT2D eigenvalue weighted by Crippen LogP contribution is 2.63. The molecule has 1 aromatic heterocycles. The van der Waals surface area contributed by atoms with Gasteiger partial charge in [0.05, 0.1) is 6.54 Å². The lowest BCUT2D eigenvalue weighted by Gasteiger charge is -2.32. The molecule has 2 aliphatic carbocycles. The summed E-state index contributed by atoms with van der Waals surface area (Å²) >= 11 is 0. The molecule has 6 heteroatoms. The number of hydrogen-bond acceptors (Lipinski definition) is 4. The molecule has 5 rings (SSSR count). The van der Waals surface area contributed by atoms with Crippen molar-refractivity contribution in [3.8, 4) is 0 Å². The minimum absolute atomic E-state index is 0.350. The molecule has 0 radical (unpaired) electrons. The van der Waals surface area contributed by atoms with Crippen LogP contribution in [0.3, 0.4) is 0 Å². The Hall–Kier alpha value is -1.43. The lowest BCUT2D eigenvalue weighted by molar-refractivity contribution is -0.134. The number of nitrogens with zero attached hydrogens (tertiary/aromatic N) is 4. The number of carbonyl (C=O) groups excluding carboxylic acids is 1. The van der Waals surface area contributed by atoms with Crippen LogP contribution in [-0.2, 0) is 17.9 Å². The number of amides is 1. The molecular weight excluding hydrogens is 302 g/mol. The SMILES string of the molecule is O=C(C1CC12CCCC2)N1CCC(c2nnc3n2CCNC3)CC1. The predicted molar refractivity (Wildman–Crippen MR) is 89.3 cm³/mol. The molecule has 4 aliphatic rings. The smallest absolute Gasteiger partial charge is 0.226 e. The van der Waals surface area contributed by atoms with Crippen LogP contribution in [0.5, 0.6) is 0 Å². The van der Waals surface area contributed by atoms with Crippen LogP contribution < -0.4 is 5.32 Å². The molecule has 1 amide bonds. The minimum Gasteiger partial charge on any atom is -0.342 e. The monoisotopic (exact) mass is 329 g/mol. The van der Waals surface area contributed by atoms with Gasteiger partial charge < -0.3 is 14.8 Å². The van der Waals surface area contributed by atoms with Crippen LogP contribution in [0.15, 0.2) is 0 Å². The second-order valence-electron chi connectivity index (χ2n) is 8.23. The second kappa shape index (κ2) is 5.55. The van der Waals surface area contributed by atoms with Gasteiger partial charge in [-0.15, -0.1) is 10.2 Å². The Bertz CT molecular complexity index is 640. The first kappa shape index (κ1) is 14.9. The molecule has 1 aromatic rings. The van der Waals surface area contributed by atoms with E-state index in [-0.39, 0.29) is 0 Å². The van der Waals surface area contributed by atoms with Gasteiger partial charge in [-0.2, -0.15) is 0 Å². The zero-order chi connectivity index (χ0) is 16.1.